The van der Waals surface area contributed by atoms with Gasteiger partial charge in [0.05, 0.1) is 5.56 Å². The third-order valence-electron chi connectivity index (χ3n) is 8.57. The van der Waals surface area contributed by atoms with Crippen LogP contribution in [0.3, 0.4) is 0 Å². The summed E-state index contributed by atoms with van der Waals surface area (Å²) in [5.41, 5.74) is 2.79. The van der Waals surface area contributed by atoms with Crippen molar-refractivity contribution in [2.24, 2.45) is 11.3 Å². The average Bonchev–Trinajstić information content (AvgIpc) is 3.51. The Morgan fingerprint density at radius 2 is 1.88 bits per heavy atom. The van der Waals surface area contributed by atoms with Gasteiger partial charge in [0.15, 0.2) is 0 Å². The summed E-state index contributed by atoms with van der Waals surface area (Å²) < 4.78 is 11.0. The molecule has 2 atom stereocenters. The first kappa shape index (κ1) is 28.1. The molecule has 3 aliphatic rings. The molecule has 9 heteroatoms. The number of fused-ring (bicyclic) bond motifs is 1. The number of nitrogens with one attached hydrogen (secondary N) is 1. The maximum Gasteiger partial charge on any atom is 0.410 e. The Hall–Kier alpha value is -4.03. The lowest BCUT2D eigenvalue weighted by atomic mass is 9.93. The van der Waals surface area contributed by atoms with E-state index in [2.05, 4.69) is 38.2 Å². The minimum Gasteiger partial charge on any atom is -0.444 e. The molecule has 1 aliphatic carbocycles. The molecule has 5 heterocycles. The summed E-state index contributed by atoms with van der Waals surface area (Å²) in [6.07, 6.45) is 8.69. The summed E-state index contributed by atoms with van der Waals surface area (Å²) in [6.45, 7) is 10.2. The van der Waals surface area contributed by atoms with Gasteiger partial charge in [-0.2, -0.15) is 0 Å². The fraction of sp³-hybridized carbons (Fsp3) is 0.485. The van der Waals surface area contributed by atoms with Crippen LogP contribution in [0.25, 0.3) is 10.8 Å². The molecule has 1 saturated carbocycles. The number of rotatable bonds is 3. The quantitative estimate of drug-likeness (QED) is 0.433. The van der Waals surface area contributed by atoms with Crippen molar-refractivity contribution in [3.8, 4) is 11.8 Å². The van der Waals surface area contributed by atoms with Gasteiger partial charge in [0.25, 0.3) is 0 Å². The first-order valence-electron chi connectivity index (χ1n) is 14.7. The third kappa shape index (κ3) is 5.95. The number of likely N-dealkylation sites (tertiary alicyclic amines) is 1. The molecule has 3 aromatic heterocycles. The van der Waals surface area contributed by atoms with Crippen LogP contribution in [-0.4, -0.2) is 63.8 Å². The predicted octanol–water partition coefficient (Wildman–Crippen LogP) is 5.21. The van der Waals surface area contributed by atoms with Crippen LogP contribution in [0.5, 0.6) is 0 Å². The summed E-state index contributed by atoms with van der Waals surface area (Å²) in [7, 11) is 0. The highest BCUT2D eigenvalue weighted by Crippen LogP contribution is 2.59. The Labute approximate surface area is 246 Å². The fourth-order valence-corrected chi connectivity index (χ4v) is 6.08. The number of hydrogen-bond donors (Lipinski definition) is 1. The molecule has 2 aliphatic heterocycles. The van der Waals surface area contributed by atoms with Gasteiger partial charge in [-0.15, -0.1) is 0 Å². The van der Waals surface area contributed by atoms with Gasteiger partial charge >= 0.3 is 6.09 Å². The van der Waals surface area contributed by atoms with E-state index in [0.29, 0.717) is 30.5 Å². The fourth-order valence-electron chi connectivity index (χ4n) is 6.08. The zero-order valence-electron chi connectivity index (χ0n) is 24.7. The Morgan fingerprint density at radius 1 is 1.07 bits per heavy atom. The van der Waals surface area contributed by atoms with Crippen molar-refractivity contribution in [3.05, 3.63) is 59.3 Å². The molecule has 2 unspecified atom stereocenters. The van der Waals surface area contributed by atoms with E-state index >= 15 is 0 Å². The average molecular weight is 568 g/mol. The zero-order valence-corrected chi connectivity index (χ0v) is 24.7. The van der Waals surface area contributed by atoms with Gasteiger partial charge in [-0.25, -0.2) is 14.8 Å². The van der Waals surface area contributed by atoms with Crippen molar-refractivity contribution >= 4 is 28.6 Å². The van der Waals surface area contributed by atoms with Crippen LogP contribution < -0.4 is 5.32 Å². The molecule has 3 aromatic rings. The van der Waals surface area contributed by atoms with Gasteiger partial charge < -0.3 is 19.7 Å². The van der Waals surface area contributed by atoms with E-state index in [1.165, 1.54) is 5.56 Å². The predicted molar refractivity (Wildman–Crippen MR) is 159 cm³/mol. The van der Waals surface area contributed by atoms with Crippen LogP contribution in [0.1, 0.15) is 74.9 Å². The molecule has 0 aromatic carbocycles. The van der Waals surface area contributed by atoms with Crippen LogP contribution in [0.2, 0.25) is 0 Å². The number of hydrogen-bond acceptors (Lipinski definition) is 7. The number of carbonyl (C=O) groups excluding carboxylic acids is 2. The number of aryl methyl sites for hydroxylation is 1. The van der Waals surface area contributed by atoms with Crippen LogP contribution in [0, 0.1) is 30.1 Å². The molecule has 218 valence electrons. The molecule has 0 radical (unpaired) electrons. The van der Waals surface area contributed by atoms with Crippen molar-refractivity contribution in [1.82, 2.24) is 19.9 Å². The standard InChI is InChI=1S/C33H37N5O4/c1-21-27-19-36-29(37-30(39)28-16-33(28)11-12-38(20-33)31(40)42-32(2,3)4)15-26(27)24(18-34-21)6-8-25-7-5-23(17-35-25)22-9-13-41-14-10-22/h5,7,15,17-19,22,28H,9-14,16,20H2,1-4H3,(H,36,37,39). The summed E-state index contributed by atoms with van der Waals surface area (Å²) in [4.78, 5) is 41.1. The van der Waals surface area contributed by atoms with E-state index in [0.717, 1.165) is 60.9 Å². The minimum absolute atomic E-state index is 0.0693. The Bertz CT molecular complexity index is 1580. The third-order valence-corrected chi connectivity index (χ3v) is 8.57. The molecule has 42 heavy (non-hydrogen) atoms. The lowest BCUT2D eigenvalue weighted by Gasteiger charge is -2.24. The van der Waals surface area contributed by atoms with Crippen molar-refractivity contribution < 1.29 is 19.1 Å². The van der Waals surface area contributed by atoms with Crippen molar-refractivity contribution in [2.45, 2.75) is 64.9 Å². The van der Waals surface area contributed by atoms with E-state index in [1.807, 2.05) is 46.0 Å². The van der Waals surface area contributed by atoms with E-state index in [9.17, 15) is 9.59 Å². The molecular weight excluding hydrogens is 530 g/mol. The number of pyridine rings is 3. The Morgan fingerprint density at radius 3 is 2.62 bits per heavy atom. The molecule has 3 fully saturated rings. The summed E-state index contributed by atoms with van der Waals surface area (Å²) in [6, 6.07) is 5.94. The molecular formula is C33H37N5O4. The van der Waals surface area contributed by atoms with E-state index < -0.39 is 5.60 Å². The van der Waals surface area contributed by atoms with E-state index in [4.69, 9.17) is 9.47 Å². The summed E-state index contributed by atoms with van der Waals surface area (Å²) in [5, 5.41) is 4.77. The summed E-state index contributed by atoms with van der Waals surface area (Å²) in [5.74, 6) is 7.15. The van der Waals surface area contributed by atoms with Gasteiger partial charge in [-0.05, 0) is 82.9 Å². The van der Waals surface area contributed by atoms with Crippen molar-refractivity contribution in [2.75, 3.05) is 31.6 Å². The number of ether oxygens (including phenoxy) is 2. The van der Waals surface area contributed by atoms with Crippen LogP contribution in [0.4, 0.5) is 10.6 Å². The highest BCUT2D eigenvalue weighted by atomic mass is 16.6. The minimum atomic E-state index is -0.544. The summed E-state index contributed by atoms with van der Waals surface area (Å²) >= 11 is 0. The first-order valence-corrected chi connectivity index (χ1v) is 14.7. The maximum absolute atomic E-state index is 13.2. The smallest absolute Gasteiger partial charge is 0.410 e. The van der Waals surface area contributed by atoms with Gasteiger partial charge in [0.1, 0.15) is 17.1 Å². The highest BCUT2D eigenvalue weighted by Gasteiger charge is 2.61. The van der Waals surface area contributed by atoms with Crippen molar-refractivity contribution in [3.63, 3.8) is 0 Å². The number of amides is 2. The second-order valence-electron chi connectivity index (χ2n) is 12.7. The lowest BCUT2D eigenvalue weighted by molar-refractivity contribution is -0.118. The first-order chi connectivity index (χ1) is 20.1. The lowest BCUT2D eigenvalue weighted by Crippen LogP contribution is -2.35. The van der Waals surface area contributed by atoms with Crippen LogP contribution in [0.15, 0.2) is 36.8 Å². The number of aromatic nitrogens is 3. The number of anilines is 1. The van der Waals surface area contributed by atoms with Crippen LogP contribution in [-0.2, 0) is 14.3 Å². The molecule has 2 saturated heterocycles. The number of nitrogens with zero attached hydrogens (tertiary/aromatic N) is 4. The van der Waals surface area contributed by atoms with Crippen molar-refractivity contribution in [1.29, 1.82) is 0 Å². The Balaban J connectivity index is 1.15. The van der Waals surface area contributed by atoms with Crippen LogP contribution >= 0.6 is 0 Å². The number of carbonyl (C=O) groups is 2. The molecule has 1 N–H and O–H groups in total. The van der Waals surface area contributed by atoms with Gasteiger partial charge in [-0.3, -0.25) is 9.78 Å². The molecule has 9 nitrogen and oxygen atoms in total. The Kier molecular flexibility index (Phi) is 7.36. The molecule has 1 spiro atoms. The second kappa shape index (κ2) is 11.0. The van der Waals surface area contributed by atoms with E-state index in [1.54, 1.807) is 17.3 Å². The molecule has 0 bridgehead atoms. The second-order valence-corrected chi connectivity index (χ2v) is 12.7. The molecule has 6 rings (SSSR count). The topological polar surface area (TPSA) is 107 Å². The maximum atomic E-state index is 13.2. The largest absolute Gasteiger partial charge is 0.444 e. The molecule has 2 amide bonds. The van der Waals surface area contributed by atoms with Gasteiger partial charge in [0, 0.05) is 72.7 Å². The van der Waals surface area contributed by atoms with E-state index in [-0.39, 0.29) is 23.3 Å². The zero-order chi connectivity index (χ0) is 29.5. The highest BCUT2D eigenvalue weighted by molar-refractivity contribution is 5.97. The normalized spacial score (nSPS) is 22.1. The van der Waals surface area contributed by atoms with Gasteiger partial charge in [0.2, 0.25) is 5.91 Å². The monoisotopic (exact) mass is 567 g/mol. The SMILES string of the molecule is Cc1ncc(C#Cc2ccc(C3CCOCC3)cn2)c2cc(NC(=O)C3CC34CCN(C(=O)OC(C)(C)C)C4)ncc12. The van der Waals surface area contributed by atoms with Gasteiger partial charge in [-0.1, -0.05) is 12.0 Å².